The van der Waals surface area contributed by atoms with Gasteiger partial charge in [0.2, 0.25) is 5.91 Å². The molecule has 0 unspecified atom stereocenters. The van der Waals surface area contributed by atoms with Crippen LogP contribution in [-0.2, 0) is 19.4 Å². The van der Waals surface area contributed by atoms with Gasteiger partial charge in [-0.1, -0.05) is 36.1 Å². The van der Waals surface area contributed by atoms with Crippen LogP contribution in [0.5, 0.6) is 5.75 Å². The van der Waals surface area contributed by atoms with Crippen molar-refractivity contribution in [1.82, 2.24) is 10.2 Å². The van der Waals surface area contributed by atoms with E-state index in [9.17, 15) is 18.0 Å². The summed E-state index contributed by atoms with van der Waals surface area (Å²) in [7, 11) is -1.46. The number of methoxy groups -OCH3 is 1. The van der Waals surface area contributed by atoms with Crippen LogP contribution in [0.4, 0.5) is 0 Å². The highest BCUT2D eigenvalue weighted by molar-refractivity contribution is 8.26. The number of amides is 2. The second-order valence-electron chi connectivity index (χ2n) is 6.52. The Labute approximate surface area is 173 Å². The molecule has 2 fully saturated rings. The number of carbonyl (C=O) groups excluding carboxylic acids is 2. The molecule has 1 N–H and O–H groups in total. The van der Waals surface area contributed by atoms with Crippen molar-refractivity contribution >= 4 is 56.0 Å². The molecule has 0 radical (unpaired) electrons. The maximum atomic E-state index is 12.6. The number of benzene rings is 1. The van der Waals surface area contributed by atoms with Crippen LogP contribution in [0.2, 0.25) is 0 Å². The minimum Gasteiger partial charge on any atom is -0.497 e. The summed E-state index contributed by atoms with van der Waals surface area (Å²) in [4.78, 5) is 26.6. The van der Waals surface area contributed by atoms with Crippen molar-refractivity contribution in [1.29, 1.82) is 0 Å². The Bertz CT molecular complexity index is 925. The minimum atomic E-state index is -3.05. The van der Waals surface area contributed by atoms with Gasteiger partial charge < -0.3 is 10.1 Å². The summed E-state index contributed by atoms with van der Waals surface area (Å²) in [6.45, 7) is 0.163. The summed E-state index contributed by atoms with van der Waals surface area (Å²) in [5, 5.41) is 2.72. The Balaban J connectivity index is 1.56. The van der Waals surface area contributed by atoms with Crippen molar-refractivity contribution in [3.05, 3.63) is 34.7 Å². The molecule has 0 saturated carbocycles. The van der Waals surface area contributed by atoms with Crippen molar-refractivity contribution in [2.24, 2.45) is 0 Å². The Morgan fingerprint density at radius 3 is 2.71 bits per heavy atom. The summed E-state index contributed by atoms with van der Waals surface area (Å²) in [6, 6.07) is 6.95. The van der Waals surface area contributed by atoms with E-state index in [1.54, 1.807) is 25.3 Å². The molecule has 1 aromatic carbocycles. The highest BCUT2D eigenvalue weighted by atomic mass is 32.2. The van der Waals surface area contributed by atoms with Gasteiger partial charge in [-0.25, -0.2) is 8.42 Å². The molecular weight excluding hydrogens is 420 g/mol. The summed E-state index contributed by atoms with van der Waals surface area (Å²) >= 11 is 6.47. The molecule has 2 aliphatic rings. The lowest BCUT2D eigenvalue weighted by Crippen LogP contribution is -2.38. The third kappa shape index (κ3) is 5.12. The standard InChI is InChI=1S/C18H20N2O5S3/c1-25-14-4-2-12(3-5-14)10-15-17(22)20(18(26)27-15)8-6-16(21)19-13-7-9-28(23,24)11-13/h2-5,10,13H,6-9,11H2,1H3,(H,19,21)/b15-10+/t13-/m0/s1. The molecule has 0 aromatic heterocycles. The van der Waals surface area contributed by atoms with Gasteiger partial charge in [-0.3, -0.25) is 14.5 Å². The Morgan fingerprint density at radius 2 is 2.11 bits per heavy atom. The molecule has 2 heterocycles. The number of nitrogens with one attached hydrogen (secondary N) is 1. The predicted octanol–water partition coefficient (Wildman–Crippen LogP) is 1.59. The number of hydrogen-bond acceptors (Lipinski definition) is 7. The van der Waals surface area contributed by atoms with Crippen molar-refractivity contribution in [2.75, 3.05) is 25.2 Å². The number of ether oxygens (including phenoxy) is 1. The highest BCUT2D eigenvalue weighted by Crippen LogP contribution is 2.32. The van der Waals surface area contributed by atoms with E-state index in [-0.39, 0.29) is 42.3 Å². The number of thiocarbonyl (C=S) groups is 1. The monoisotopic (exact) mass is 440 g/mol. The largest absolute Gasteiger partial charge is 0.497 e. The van der Waals surface area contributed by atoms with E-state index in [2.05, 4.69) is 5.32 Å². The SMILES string of the molecule is COc1ccc(/C=C2/SC(=S)N(CCC(=O)N[C@H]3CCS(=O)(=O)C3)C2=O)cc1. The van der Waals surface area contributed by atoms with E-state index in [1.807, 2.05) is 12.1 Å². The summed E-state index contributed by atoms with van der Waals surface area (Å²) < 4.78 is 28.4. The molecule has 3 rings (SSSR count). The maximum absolute atomic E-state index is 12.6. The molecular formula is C18H20N2O5S3. The van der Waals surface area contributed by atoms with Gasteiger partial charge >= 0.3 is 0 Å². The fourth-order valence-corrected chi connectivity index (χ4v) is 5.95. The first-order valence-electron chi connectivity index (χ1n) is 8.66. The lowest BCUT2D eigenvalue weighted by Gasteiger charge is -2.15. The third-order valence-electron chi connectivity index (χ3n) is 4.45. The number of carbonyl (C=O) groups is 2. The summed E-state index contributed by atoms with van der Waals surface area (Å²) in [6.07, 6.45) is 2.25. The molecule has 0 aliphatic carbocycles. The Kier molecular flexibility index (Phi) is 6.41. The fraction of sp³-hybridized carbons (Fsp3) is 0.389. The van der Waals surface area contributed by atoms with E-state index in [1.165, 1.54) is 16.7 Å². The first-order chi connectivity index (χ1) is 13.3. The quantitative estimate of drug-likeness (QED) is 0.530. The van der Waals surface area contributed by atoms with Gasteiger partial charge in [0, 0.05) is 19.0 Å². The number of thioether (sulfide) groups is 1. The van der Waals surface area contributed by atoms with Crippen molar-refractivity contribution in [3.8, 4) is 5.75 Å². The molecule has 7 nitrogen and oxygen atoms in total. The lowest BCUT2D eigenvalue weighted by molar-refractivity contribution is -0.124. The van der Waals surface area contributed by atoms with Gasteiger partial charge in [-0.15, -0.1) is 0 Å². The van der Waals surface area contributed by atoms with Gasteiger partial charge in [-0.05, 0) is 30.2 Å². The number of rotatable bonds is 6. The third-order valence-corrected chi connectivity index (χ3v) is 7.59. The van der Waals surface area contributed by atoms with Crippen molar-refractivity contribution in [3.63, 3.8) is 0 Å². The summed E-state index contributed by atoms with van der Waals surface area (Å²) in [5.41, 5.74) is 0.849. The van der Waals surface area contributed by atoms with E-state index in [0.29, 0.717) is 15.6 Å². The maximum Gasteiger partial charge on any atom is 0.266 e. The van der Waals surface area contributed by atoms with E-state index in [4.69, 9.17) is 17.0 Å². The molecule has 28 heavy (non-hydrogen) atoms. The number of hydrogen-bond donors (Lipinski definition) is 1. The van der Waals surface area contributed by atoms with E-state index in [0.717, 1.165) is 11.3 Å². The second-order valence-corrected chi connectivity index (χ2v) is 10.4. The molecule has 10 heteroatoms. The average molecular weight is 441 g/mol. The molecule has 150 valence electrons. The van der Waals surface area contributed by atoms with Gasteiger partial charge in [0.05, 0.1) is 23.5 Å². The van der Waals surface area contributed by atoms with Gasteiger partial charge in [-0.2, -0.15) is 0 Å². The Hall–Kier alpha value is -1.91. The van der Waals surface area contributed by atoms with Crippen molar-refractivity contribution in [2.45, 2.75) is 18.9 Å². The van der Waals surface area contributed by atoms with Crippen LogP contribution < -0.4 is 10.1 Å². The zero-order valence-corrected chi connectivity index (χ0v) is 17.7. The molecule has 2 amide bonds. The first-order valence-corrected chi connectivity index (χ1v) is 11.7. The second kappa shape index (κ2) is 8.62. The lowest BCUT2D eigenvalue weighted by atomic mass is 10.2. The van der Waals surface area contributed by atoms with E-state index < -0.39 is 9.84 Å². The molecule has 1 atom stereocenters. The molecule has 1 aromatic rings. The molecule has 2 aliphatic heterocycles. The number of nitrogens with zero attached hydrogens (tertiary/aromatic N) is 1. The predicted molar refractivity (Wildman–Crippen MR) is 113 cm³/mol. The van der Waals surface area contributed by atoms with Crippen molar-refractivity contribution < 1.29 is 22.7 Å². The highest BCUT2D eigenvalue weighted by Gasteiger charge is 2.33. The van der Waals surface area contributed by atoms with Gasteiger partial charge in [0.1, 0.15) is 10.1 Å². The molecule has 0 bridgehead atoms. The van der Waals surface area contributed by atoms with Crippen LogP contribution in [-0.4, -0.2) is 60.7 Å². The Morgan fingerprint density at radius 1 is 1.39 bits per heavy atom. The summed E-state index contributed by atoms with van der Waals surface area (Å²) in [5.74, 6) is 0.288. The fourth-order valence-electron chi connectivity index (χ4n) is 2.97. The van der Waals surface area contributed by atoms with Crippen LogP contribution in [0.15, 0.2) is 29.2 Å². The van der Waals surface area contributed by atoms with Gasteiger partial charge in [0.25, 0.3) is 5.91 Å². The average Bonchev–Trinajstić information content (AvgIpc) is 3.12. The van der Waals surface area contributed by atoms with Crippen LogP contribution in [0.3, 0.4) is 0 Å². The van der Waals surface area contributed by atoms with Crippen LogP contribution >= 0.6 is 24.0 Å². The van der Waals surface area contributed by atoms with E-state index >= 15 is 0 Å². The smallest absolute Gasteiger partial charge is 0.266 e. The first kappa shape index (κ1) is 20.8. The number of sulfone groups is 1. The molecule has 2 saturated heterocycles. The topological polar surface area (TPSA) is 92.8 Å². The molecule has 0 spiro atoms. The van der Waals surface area contributed by atoms with Crippen LogP contribution in [0.25, 0.3) is 6.08 Å². The minimum absolute atomic E-state index is 0.0234. The zero-order valence-electron chi connectivity index (χ0n) is 15.2. The van der Waals surface area contributed by atoms with Gasteiger partial charge in [0.15, 0.2) is 9.84 Å². The van der Waals surface area contributed by atoms with Crippen LogP contribution in [0, 0.1) is 0 Å². The van der Waals surface area contributed by atoms with Crippen LogP contribution in [0.1, 0.15) is 18.4 Å². The zero-order chi connectivity index (χ0) is 20.3. The normalized spacial score (nSPS) is 22.7.